The predicted molar refractivity (Wildman–Crippen MR) is 50.4 cm³/mol. The molecule has 1 unspecified atom stereocenters. The lowest BCUT2D eigenvalue weighted by atomic mass is 10.2. The molecule has 1 aromatic heterocycles. The molecule has 1 heterocycles. The third-order valence-electron chi connectivity index (χ3n) is 1.64. The van der Waals surface area contributed by atoms with Crippen LogP contribution < -0.4 is 0 Å². The average Bonchev–Trinajstić information content (AvgIpc) is 2.35. The van der Waals surface area contributed by atoms with Crippen molar-refractivity contribution in [1.29, 1.82) is 0 Å². The molecule has 0 radical (unpaired) electrons. The van der Waals surface area contributed by atoms with Crippen LogP contribution in [-0.2, 0) is 4.79 Å². The van der Waals surface area contributed by atoms with Crippen molar-refractivity contribution in [3.63, 3.8) is 0 Å². The Kier molecular flexibility index (Phi) is 3.05. The Morgan fingerprint density at radius 3 is 2.69 bits per heavy atom. The zero-order chi connectivity index (χ0) is 10.0. The lowest BCUT2D eigenvalue weighted by molar-refractivity contribution is -0.142. The largest absolute Gasteiger partial charge is 0.480 e. The fraction of sp³-hybridized carbons (Fsp3) is 0.429. The van der Waals surface area contributed by atoms with Gasteiger partial charge in [0, 0.05) is 0 Å². The number of carbonyl (C=O) groups is 1. The molecule has 0 aliphatic rings. The van der Waals surface area contributed by atoms with Crippen LogP contribution in [0.2, 0.25) is 0 Å². The van der Waals surface area contributed by atoms with Crippen LogP contribution in [0.4, 0.5) is 0 Å². The summed E-state index contributed by atoms with van der Waals surface area (Å²) in [6.07, 6.45) is 1.46. The van der Waals surface area contributed by atoms with Gasteiger partial charge in [0.2, 0.25) is 0 Å². The number of rotatable bonds is 3. The summed E-state index contributed by atoms with van der Waals surface area (Å²) in [5.74, 6) is -0.907. The second-order valence-electron chi connectivity index (χ2n) is 2.81. The van der Waals surface area contributed by atoms with E-state index in [0.717, 1.165) is 0 Å². The van der Waals surface area contributed by atoms with Gasteiger partial charge in [0.15, 0.2) is 6.04 Å². The van der Waals surface area contributed by atoms with E-state index < -0.39 is 12.0 Å². The topological polar surface area (TPSA) is 69.2 Å². The van der Waals surface area contributed by atoms with Crippen molar-refractivity contribution >= 4 is 21.9 Å². The number of hydrogen-bond acceptors (Lipinski definition) is 3. The van der Waals surface area contributed by atoms with Crippen molar-refractivity contribution in [2.24, 2.45) is 0 Å². The summed E-state index contributed by atoms with van der Waals surface area (Å²) >= 11 is 3.17. The average molecular weight is 248 g/mol. The zero-order valence-electron chi connectivity index (χ0n) is 7.28. The number of likely N-dealkylation sites (N-methyl/N-ethyl adjacent to an activating group) is 1. The number of hydrogen-bond donors (Lipinski definition) is 2. The van der Waals surface area contributed by atoms with Crippen molar-refractivity contribution in [3.05, 3.63) is 16.6 Å². The molecule has 5 nitrogen and oxygen atoms in total. The number of nitrogens with one attached hydrogen (secondary N) is 1. The lowest BCUT2D eigenvalue weighted by Crippen LogP contribution is -2.28. The summed E-state index contributed by atoms with van der Waals surface area (Å²) < 4.78 is 0.536. The summed E-state index contributed by atoms with van der Waals surface area (Å²) in [7, 11) is 3.40. The molecule has 1 aromatic rings. The number of imidazole rings is 1. The molecule has 1 atom stereocenters. The van der Waals surface area contributed by atoms with Gasteiger partial charge in [0.1, 0.15) is 4.60 Å². The van der Waals surface area contributed by atoms with E-state index in [-0.39, 0.29) is 0 Å². The molecular formula is C7H10BrN3O2. The van der Waals surface area contributed by atoms with Gasteiger partial charge >= 0.3 is 5.97 Å². The lowest BCUT2D eigenvalue weighted by Gasteiger charge is -2.18. The number of carboxylic acids is 1. The highest BCUT2D eigenvalue weighted by atomic mass is 79.9. The van der Waals surface area contributed by atoms with Crippen LogP contribution in [0.3, 0.4) is 0 Å². The zero-order valence-corrected chi connectivity index (χ0v) is 8.87. The first kappa shape index (κ1) is 10.2. The van der Waals surface area contributed by atoms with Gasteiger partial charge < -0.3 is 10.1 Å². The number of aliphatic carboxylic acids is 1. The van der Waals surface area contributed by atoms with E-state index in [1.165, 1.54) is 6.33 Å². The molecule has 0 amide bonds. The maximum absolute atomic E-state index is 10.9. The Balaban J connectivity index is 3.02. The Hall–Kier alpha value is -0.880. The molecule has 0 saturated heterocycles. The molecule has 13 heavy (non-hydrogen) atoms. The molecule has 0 spiro atoms. The maximum atomic E-state index is 10.9. The number of aromatic nitrogens is 2. The molecule has 1 rings (SSSR count). The first-order valence-corrected chi connectivity index (χ1v) is 4.41. The first-order valence-electron chi connectivity index (χ1n) is 3.62. The molecule has 0 aliphatic heterocycles. The normalized spacial score (nSPS) is 13.2. The van der Waals surface area contributed by atoms with E-state index in [9.17, 15) is 4.79 Å². The molecule has 0 fully saturated rings. The van der Waals surface area contributed by atoms with Crippen molar-refractivity contribution in [3.8, 4) is 0 Å². The summed E-state index contributed by atoms with van der Waals surface area (Å²) in [6.45, 7) is 0. The third-order valence-corrected chi connectivity index (χ3v) is 2.28. The molecule has 2 N–H and O–H groups in total. The van der Waals surface area contributed by atoms with Gasteiger partial charge in [-0.15, -0.1) is 0 Å². The monoisotopic (exact) mass is 247 g/mol. The summed E-state index contributed by atoms with van der Waals surface area (Å²) in [5, 5.41) is 8.93. The van der Waals surface area contributed by atoms with Gasteiger partial charge in [-0.2, -0.15) is 0 Å². The van der Waals surface area contributed by atoms with Crippen LogP contribution in [0.1, 0.15) is 11.7 Å². The van der Waals surface area contributed by atoms with Crippen LogP contribution in [0.25, 0.3) is 0 Å². The van der Waals surface area contributed by atoms with E-state index in [2.05, 4.69) is 25.9 Å². The van der Waals surface area contributed by atoms with Crippen molar-refractivity contribution in [2.75, 3.05) is 14.1 Å². The van der Waals surface area contributed by atoms with E-state index in [1.807, 2.05) is 0 Å². The molecule has 0 aromatic carbocycles. The van der Waals surface area contributed by atoms with E-state index in [1.54, 1.807) is 19.0 Å². The first-order chi connectivity index (χ1) is 6.04. The van der Waals surface area contributed by atoms with E-state index >= 15 is 0 Å². The minimum absolute atomic E-state index is 0.536. The van der Waals surface area contributed by atoms with Gasteiger partial charge in [-0.3, -0.25) is 9.69 Å². The quantitative estimate of drug-likeness (QED) is 0.832. The van der Waals surface area contributed by atoms with Crippen molar-refractivity contribution in [1.82, 2.24) is 14.9 Å². The number of carboxylic acid groups (broad SMARTS) is 1. The highest BCUT2D eigenvalue weighted by Crippen LogP contribution is 2.22. The minimum Gasteiger partial charge on any atom is -0.480 e. The molecule has 0 saturated carbocycles. The van der Waals surface area contributed by atoms with Crippen LogP contribution >= 0.6 is 15.9 Å². The number of aromatic amines is 1. The van der Waals surface area contributed by atoms with Gasteiger partial charge in [-0.25, -0.2) is 4.98 Å². The van der Waals surface area contributed by atoms with E-state index in [4.69, 9.17) is 5.11 Å². The second-order valence-corrected chi connectivity index (χ2v) is 3.56. The predicted octanol–water partition coefficient (Wildman–Crippen LogP) is 0.859. The smallest absolute Gasteiger partial charge is 0.327 e. The Labute approximate surface area is 83.9 Å². The highest BCUT2D eigenvalue weighted by molar-refractivity contribution is 9.10. The summed E-state index contributed by atoms with van der Waals surface area (Å²) in [4.78, 5) is 19.1. The molecule has 0 bridgehead atoms. The number of halogens is 1. The summed E-state index contributed by atoms with van der Waals surface area (Å²) in [5.41, 5.74) is 0.553. The van der Waals surface area contributed by atoms with Crippen LogP contribution in [0.5, 0.6) is 0 Å². The van der Waals surface area contributed by atoms with Crippen LogP contribution in [0.15, 0.2) is 10.9 Å². The molecule has 6 heteroatoms. The van der Waals surface area contributed by atoms with Crippen molar-refractivity contribution in [2.45, 2.75) is 6.04 Å². The number of H-pyrrole nitrogens is 1. The SMILES string of the molecule is CN(C)C(C(=O)O)c1[nH]cnc1Br. The maximum Gasteiger partial charge on any atom is 0.327 e. The number of nitrogens with zero attached hydrogens (tertiary/aromatic N) is 2. The summed E-state index contributed by atoms with van der Waals surface area (Å²) in [6, 6.07) is -0.697. The van der Waals surface area contributed by atoms with Gasteiger partial charge in [-0.1, -0.05) is 0 Å². The minimum atomic E-state index is -0.907. The molecular weight excluding hydrogens is 238 g/mol. The second kappa shape index (κ2) is 3.89. The van der Waals surface area contributed by atoms with Crippen molar-refractivity contribution < 1.29 is 9.90 Å². The van der Waals surface area contributed by atoms with E-state index in [0.29, 0.717) is 10.3 Å². The van der Waals surface area contributed by atoms with Gasteiger partial charge in [-0.05, 0) is 30.0 Å². The molecule has 72 valence electrons. The fourth-order valence-electron chi connectivity index (χ4n) is 1.08. The van der Waals surface area contributed by atoms with Gasteiger partial charge in [0.25, 0.3) is 0 Å². The third kappa shape index (κ3) is 2.07. The van der Waals surface area contributed by atoms with Gasteiger partial charge in [0.05, 0.1) is 12.0 Å². The molecule has 0 aliphatic carbocycles. The van der Waals surface area contributed by atoms with Crippen LogP contribution in [0, 0.1) is 0 Å². The fourth-order valence-corrected chi connectivity index (χ4v) is 1.52. The highest BCUT2D eigenvalue weighted by Gasteiger charge is 2.25. The Morgan fingerprint density at radius 1 is 1.77 bits per heavy atom. The van der Waals surface area contributed by atoms with Crippen LogP contribution in [-0.4, -0.2) is 40.0 Å². The Morgan fingerprint density at radius 2 is 2.38 bits per heavy atom. The standard InChI is InChI=1S/C7H10BrN3O2/c1-11(2)5(7(12)13)4-6(8)10-3-9-4/h3,5H,1-2H3,(H,9,10)(H,12,13). The Bertz CT molecular complexity index is 310.